The third-order valence-electron chi connectivity index (χ3n) is 8.14. The number of rotatable bonds is 7. The standard InChI is InChI=1S/C27H34F4N4O/c1-18(2)26(25(36)33-16-20-11-19(15-28)12-22(13-20)27(29,30)31)7-3-23(14-26)35-9-5-21(6-10-35)24-4-8-32-17-34-24/h4,8,11-13,17-18,21,23H,3,5-7,9-10,14-16H2,1-2H3,(H,33,36)/t23-,26+/m1/s1. The summed E-state index contributed by atoms with van der Waals surface area (Å²) >= 11 is 0. The van der Waals surface area contributed by atoms with Crippen molar-refractivity contribution >= 4 is 5.91 Å². The molecule has 0 bridgehead atoms. The average molecular weight is 507 g/mol. The van der Waals surface area contributed by atoms with E-state index in [0.717, 1.165) is 63.0 Å². The summed E-state index contributed by atoms with van der Waals surface area (Å²) in [6.07, 6.45) is 3.22. The number of amides is 1. The Hall–Kier alpha value is -2.55. The average Bonchev–Trinajstić information content (AvgIpc) is 3.34. The van der Waals surface area contributed by atoms with Crippen molar-refractivity contribution < 1.29 is 22.4 Å². The van der Waals surface area contributed by atoms with Gasteiger partial charge in [0, 0.05) is 30.4 Å². The Kier molecular flexibility index (Phi) is 7.97. The van der Waals surface area contributed by atoms with Crippen molar-refractivity contribution in [2.45, 2.75) is 77.3 Å². The molecule has 1 aliphatic heterocycles. The fourth-order valence-corrected chi connectivity index (χ4v) is 5.92. The second-order valence-electron chi connectivity index (χ2n) is 10.5. The molecule has 9 heteroatoms. The van der Waals surface area contributed by atoms with Gasteiger partial charge in [-0.1, -0.05) is 19.9 Å². The highest BCUT2D eigenvalue weighted by Gasteiger charge is 2.49. The molecule has 1 amide bonds. The lowest BCUT2D eigenvalue weighted by atomic mass is 9.74. The summed E-state index contributed by atoms with van der Waals surface area (Å²) in [5, 5.41) is 2.88. The van der Waals surface area contributed by atoms with Crippen molar-refractivity contribution in [3.8, 4) is 0 Å². The van der Waals surface area contributed by atoms with Crippen molar-refractivity contribution in [1.29, 1.82) is 0 Å². The largest absolute Gasteiger partial charge is 0.416 e. The van der Waals surface area contributed by atoms with Crippen LogP contribution in [0.25, 0.3) is 0 Å². The van der Waals surface area contributed by atoms with Gasteiger partial charge in [-0.15, -0.1) is 0 Å². The normalized spacial score (nSPS) is 23.8. The van der Waals surface area contributed by atoms with Crippen molar-refractivity contribution in [1.82, 2.24) is 20.2 Å². The van der Waals surface area contributed by atoms with E-state index in [4.69, 9.17) is 0 Å². The van der Waals surface area contributed by atoms with Crippen LogP contribution < -0.4 is 5.32 Å². The number of nitrogens with one attached hydrogen (secondary N) is 1. The first-order chi connectivity index (χ1) is 17.1. The first-order valence-electron chi connectivity index (χ1n) is 12.7. The van der Waals surface area contributed by atoms with Crippen LogP contribution in [0.4, 0.5) is 17.6 Å². The molecule has 1 saturated carbocycles. The lowest BCUT2D eigenvalue weighted by Crippen LogP contribution is -2.45. The van der Waals surface area contributed by atoms with E-state index in [1.165, 1.54) is 6.07 Å². The van der Waals surface area contributed by atoms with Gasteiger partial charge in [-0.2, -0.15) is 13.2 Å². The van der Waals surface area contributed by atoms with Crippen LogP contribution in [-0.4, -0.2) is 39.9 Å². The smallest absolute Gasteiger partial charge is 0.352 e. The highest BCUT2D eigenvalue weighted by Crippen LogP contribution is 2.47. The number of carbonyl (C=O) groups is 1. The lowest BCUT2D eigenvalue weighted by molar-refractivity contribution is -0.137. The number of aromatic nitrogens is 2. The Morgan fingerprint density at radius 1 is 1.17 bits per heavy atom. The Morgan fingerprint density at radius 2 is 1.89 bits per heavy atom. The number of nitrogens with zero attached hydrogens (tertiary/aromatic N) is 3. The molecule has 1 N–H and O–H groups in total. The SMILES string of the molecule is CC(C)[C@]1(C(=O)NCc2cc(CF)cc(C(F)(F)F)c2)CC[C@@H](N2CCC(c3ccncn3)CC2)C1. The molecule has 0 unspecified atom stereocenters. The monoisotopic (exact) mass is 506 g/mol. The molecule has 36 heavy (non-hydrogen) atoms. The van der Waals surface area contributed by atoms with Gasteiger partial charge in [0.05, 0.1) is 11.0 Å². The van der Waals surface area contributed by atoms with Gasteiger partial charge in [0.15, 0.2) is 0 Å². The Bertz CT molecular complexity index is 1040. The fourth-order valence-electron chi connectivity index (χ4n) is 5.92. The minimum Gasteiger partial charge on any atom is -0.352 e. The second-order valence-corrected chi connectivity index (χ2v) is 10.5. The van der Waals surface area contributed by atoms with Gasteiger partial charge in [-0.3, -0.25) is 4.79 Å². The molecular formula is C27H34F4N4O. The highest BCUT2D eigenvalue weighted by molar-refractivity contribution is 5.83. The minimum atomic E-state index is -4.57. The van der Waals surface area contributed by atoms with E-state index in [1.54, 1.807) is 12.5 Å². The van der Waals surface area contributed by atoms with Crippen LogP contribution in [0.15, 0.2) is 36.8 Å². The molecule has 4 rings (SSSR count). The number of hydrogen-bond donors (Lipinski definition) is 1. The van der Waals surface area contributed by atoms with Gasteiger partial charge >= 0.3 is 6.18 Å². The van der Waals surface area contributed by atoms with Crippen molar-refractivity contribution in [3.63, 3.8) is 0 Å². The first kappa shape index (κ1) is 26.5. The number of likely N-dealkylation sites (tertiary alicyclic amines) is 1. The maximum Gasteiger partial charge on any atom is 0.416 e. The van der Waals surface area contributed by atoms with E-state index in [0.29, 0.717) is 12.0 Å². The molecule has 1 aromatic carbocycles. The van der Waals surface area contributed by atoms with E-state index in [2.05, 4.69) is 20.2 Å². The van der Waals surface area contributed by atoms with E-state index >= 15 is 0 Å². The van der Waals surface area contributed by atoms with E-state index in [-0.39, 0.29) is 29.5 Å². The predicted octanol–water partition coefficient (Wildman–Crippen LogP) is 5.66. The van der Waals surface area contributed by atoms with Gasteiger partial charge in [0.25, 0.3) is 0 Å². The molecule has 1 saturated heterocycles. The maximum atomic E-state index is 13.4. The Labute approximate surface area is 209 Å². The Morgan fingerprint density at radius 3 is 2.50 bits per heavy atom. The molecule has 196 valence electrons. The second kappa shape index (κ2) is 10.8. The summed E-state index contributed by atoms with van der Waals surface area (Å²) < 4.78 is 52.8. The molecule has 5 nitrogen and oxygen atoms in total. The number of halogens is 4. The summed E-state index contributed by atoms with van der Waals surface area (Å²) in [6, 6.07) is 5.47. The molecule has 2 aliphatic rings. The molecule has 2 fully saturated rings. The van der Waals surface area contributed by atoms with Crippen LogP contribution in [0.3, 0.4) is 0 Å². The van der Waals surface area contributed by atoms with Crippen LogP contribution in [0.1, 0.15) is 74.3 Å². The van der Waals surface area contributed by atoms with Crippen LogP contribution in [0.5, 0.6) is 0 Å². The summed E-state index contributed by atoms with van der Waals surface area (Å²) in [5.41, 5.74) is -0.173. The third-order valence-corrected chi connectivity index (χ3v) is 8.14. The first-order valence-corrected chi connectivity index (χ1v) is 12.7. The predicted molar refractivity (Wildman–Crippen MR) is 129 cm³/mol. The van der Waals surface area contributed by atoms with E-state index in [9.17, 15) is 22.4 Å². The van der Waals surface area contributed by atoms with Gasteiger partial charge in [0.1, 0.15) is 13.0 Å². The number of benzene rings is 1. The molecule has 0 radical (unpaired) electrons. The highest BCUT2D eigenvalue weighted by atomic mass is 19.4. The topological polar surface area (TPSA) is 58.1 Å². The third kappa shape index (κ3) is 5.71. The van der Waals surface area contributed by atoms with E-state index < -0.39 is 23.8 Å². The fraction of sp³-hybridized carbons (Fsp3) is 0.593. The molecule has 2 atom stereocenters. The molecule has 1 aromatic heterocycles. The zero-order valence-corrected chi connectivity index (χ0v) is 20.8. The number of carbonyl (C=O) groups excluding carboxylic acids is 1. The zero-order valence-electron chi connectivity index (χ0n) is 20.8. The number of alkyl halides is 4. The van der Waals surface area contributed by atoms with Crippen molar-refractivity contribution in [2.75, 3.05) is 13.1 Å². The Balaban J connectivity index is 1.39. The summed E-state index contributed by atoms with van der Waals surface area (Å²) in [5.74, 6) is 0.379. The minimum absolute atomic E-state index is 0.0426. The van der Waals surface area contributed by atoms with Crippen LogP contribution in [0, 0.1) is 11.3 Å². The lowest BCUT2D eigenvalue weighted by Gasteiger charge is -2.38. The number of hydrogen-bond acceptors (Lipinski definition) is 4. The summed E-state index contributed by atoms with van der Waals surface area (Å²) in [6.45, 7) is 4.93. The van der Waals surface area contributed by atoms with E-state index in [1.807, 2.05) is 19.9 Å². The van der Waals surface area contributed by atoms with Gasteiger partial charge in [-0.25, -0.2) is 14.4 Å². The number of piperidine rings is 1. The molecular weight excluding hydrogens is 472 g/mol. The van der Waals surface area contributed by atoms with Crippen LogP contribution in [-0.2, 0) is 24.2 Å². The zero-order chi connectivity index (χ0) is 25.9. The van der Waals surface area contributed by atoms with Crippen molar-refractivity contribution in [2.24, 2.45) is 11.3 Å². The van der Waals surface area contributed by atoms with Crippen LogP contribution in [0.2, 0.25) is 0 Å². The maximum absolute atomic E-state index is 13.4. The van der Waals surface area contributed by atoms with Gasteiger partial charge < -0.3 is 10.2 Å². The van der Waals surface area contributed by atoms with Crippen molar-refractivity contribution in [3.05, 3.63) is 59.2 Å². The van der Waals surface area contributed by atoms with Crippen LogP contribution >= 0.6 is 0 Å². The molecule has 2 aromatic rings. The molecule has 1 aliphatic carbocycles. The van der Waals surface area contributed by atoms with Gasteiger partial charge in [-0.05, 0) is 80.4 Å². The quantitative estimate of drug-likeness (QED) is 0.493. The molecule has 0 spiro atoms. The summed E-state index contributed by atoms with van der Waals surface area (Å²) in [4.78, 5) is 24.3. The van der Waals surface area contributed by atoms with Gasteiger partial charge in [0.2, 0.25) is 5.91 Å². The summed E-state index contributed by atoms with van der Waals surface area (Å²) in [7, 11) is 0. The molecule has 2 heterocycles.